The van der Waals surface area contributed by atoms with Crippen LogP contribution < -0.4 is 0 Å². The van der Waals surface area contributed by atoms with Gasteiger partial charge in [0.1, 0.15) is 0 Å². The lowest BCUT2D eigenvalue weighted by atomic mass is 10.2. The highest BCUT2D eigenvalue weighted by Gasteiger charge is 2.57. The largest absolute Gasteiger partial charge is 0.414 e. The Hall–Kier alpha value is 0.371. The maximum absolute atomic E-state index is 7.56. The Morgan fingerprint density at radius 3 is 1.07 bits per heavy atom. The molecule has 0 saturated carbocycles. The van der Waals surface area contributed by atoms with E-state index in [2.05, 4.69) is 111 Å². The molecule has 0 N–H and O–H groups in total. The Labute approximate surface area is 252 Å². The molecular formula is C30H68O7Si3. The molecule has 7 nitrogen and oxygen atoms in total. The van der Waals surface area contributed by atoms with Gasteiger partial charge in [-0.1, -0.05) is 41.5 Å². The van der Waals surface area contributed by atoms with Crippen LogP contribution in [0.25, 0.3) is 0 Å². The van der Waals surface area contributed by atoms with Crippen molar-refractivity contribution in [2.45, 2.75) is 162 Å². The van der Waals surface area contributed by atoms with Crippen molar-refractivity contribution in [3.8, 4) is 0 Å². The van der Waals surface area contributed by atoms with Crippen LogP contribution in [-0.4, -0.2) is 76.0 Å². The van der Waals surface area contributed by atoms with E-state index >= 15 is 0 Å². The van der Waals surface area contributed by atoms with E-state index in [9.17, 15) is 0 Å². The molecule has 0 aliphatic heterocycles. The molecule has 0 saturated heterocycles. The SMILES string of the molecule is CCO[Si](CCOC(C)(C)C)(O[Si](CCOC(C)(C)C)(O[Si](CCOC(C)(C)C)(OC)C(C)C)C(C)C)C(C)C. The summed E-state index contributed by atoms with van der Waals surface area (Å²) < 4.78 is 46.9. The summed E-state index contributed by atoms with van der Waals surface area (Å²) in [5.74, 6) is 0. The molecule has 0 heterocycles. The quantitative estimate of drug-likeness (QED) is 0.133. The second-order valence-electron chi connectivity index (χ2n) is 14.9. The fraction of sp³-hybridized carbons (Fsp3) is 1.00. The fourth-order valence-electron chi connectivity index (χ4n) is 4.54. The van der Waals surface area contributed by atoms with Crippen LogP contribution in [0.4, 0.5) is 0 Å². The normalized spacial score (nSPS) is 18.3. The highest BCUT2D eigenvalue weighted by molar-refractivity contribution is 6.88. The lowest BCUT2D eigenvalue weighted by Crippen LogP contribution is -2.64. The Morgan fingerprint density at radius 2 is 0.800 bits per heavy atom. The summed E-state index contributed by atoms with van der Waals surface area (Å²) in [6, 6.07) is 2.19. The number of ether oxygens (including phenoxy) is 3. The van der Waals surface area contributed by atoms with Crippen molar-refractivity contribution in [3.05, 3.63) is 0 Å². The van der Waals surface area contributed by atoms with Gasteiger partial charge in [0.2, 0.25) is 0 Å². The second-order valence-corrected chi connectivity index (χ2v) is 27.0. The van der Waals surface area contributed by atoms with Crippen LogP contribution in [0, 0.1) is 0 Å². The van der Waals surface area contributed by atoms with E-state index in [1.165, 1.54) is 0 Å². The topological polar surface area (TPSA) is 64.6 Å². The number of rotatable bonds is 19. The van der Waals surface area contributed by atoms with Crippen LogP contribution in [0.5, 0.6) is 0 Å². The number of hydrogen-bond donors (Lipinski definition) is 0. The highest BCUT2D eigenvalue weighted by atomic mass is 28.5. The van der Waals surface area contributed by atoms with Gasteiger partial charge in [0.05, 0.1) is 16.8 Å². The molecule has 40 heavy (non-hydrogen) atoms. The summed E-state index contributed by atoms with van der Waals surface area (Å²) in [5, 5.41) is 0. The molecule has 0 fully saturated rings. The van der Waals surface area contributed by atoms with Crippen molar-refractivity contribution >= 4 is 25.7 Å². The van der Waals surface area contributed by atoms with Crippen LogP contribution in [0.15, 0.2) is 0 Å². The zero-order chi connectivity index (χ0) is 31.6. The van der Waals surface area contributed by atoms with Gasteiger partial charge in [-0.2, -0.15) is 0 Å². The van der Waals surface area contributed by atoms with Crippen LogP contribution in [0.3, 0.4) is 0 Å². The molecule has 3 unspecified atom stereocenters. The third-order valence-electron chi connectivity index (χ3n) is 7.02. The van der Waals surface area contributed by atoms with Crippen molar-refractivity contribution in [2.75, 3.05) is 33.5 Å². The van der Waals surface area contributed by atoms with Gasteiger partial charge in [0.15, 0.2) is 0 Å². The predicted molar refractivity (Wildman–Crippen MR) is 175 cm³/mol. The molecule has 0 spiro atoms. The first-order valence-corrected chi connectivity index (χ1v) is 21.8. The zero-order valence-corrected chi connectivity index (χ0v) is 32.5. The van der Waals surface area contributed by atoms with Crippen molar-refractivity contribution in [2.24, 2.45) is 0 Å². The molecule has 0 radical (unpaired) electrons. The van der Waals surface area contributed by atoms with E-state index in [-0.39, 0.29) is 33.4 Å². The Morgan fingerprint density at radius 1 is 0.500 bits per heavy atom. The van der Waals surface area contributed by atoms with Gasteiger partial charge < -0.3 is 31.3 Å². The van der Waals surface area contributed by atoms with Gasteiger partial charge in [-0.05, 0) is 85.9 Å². The highest BCUT2D eigenvalue weighted by Crippen LogP contribution is 2.42. The summed E-state index contributed by atoms with van der Waals surface area (Å²) >= 11 is 0. The second kappa shape index (κ2) is 16.4. The van der Waals surface area contributed by atoms with Crippen LogP contribution in [0.1, 0.15) is 111 Å². The van der Waals surface area contributed by atoms with Crippen molar-refractivity contribution in [3.63, 3.8) is 0 Å². The smallest absolute Gasteiger partial charge is 0.334 e. The van der Waals surface area contributed by atoms with Crippen LogP contribution in [-0.2, 0) is 31.3 Å². The maximum atomic E-state index is 7.56. The molecule has 0 bridgehead atoms. The fourth-order valence-corrected chi connectivity index (χ4v) is 20.3. The molecule has 0 amide bonds. The van der Waals surface area contributed by atoms with E-state index in [4.69, 9.17) is 31.3 Å². The van der Waals surface area contributed by atoms with Crippen LogP contribution >= 0.6 is 0 Å². The van der Waals surface area contributed by atoms with Gasteiger partial charge in [0, 0.05) is 51.7 Å². The molecule has 0 aliphatic rings. The van der Waals surface area contributed by atoms with Gasteiger partial charge in [-0.15, -0.1) is 0 Å². The standard InChI is InChI=1S/C30H68O7Si3/c1-18-35-39(26(4)5,23-20-33-29(11,12)13)37-40(27(6)7,24-21-34-30(14,15)16)36-38(31-17,25(2)3)22-19-32-28(8,9)10/h25-27H,18-24H2,1-17H3. The average Bonchev–Trinajstić information content (AvgIpc) is 2.75. The molecule has 242 valence electrons. The van der Waals surface area contributed by atoms with Crippen molar-refractivity contribution < 1.29 is 31.3 Å². The van der Waals surface area contributed by atoms with E-state index in [0.29, 0.717) is 32.5 Å². The summed E-state index contributed by atoms with van der Waals surface area (Å²) in [5.41, 5.74) is -0.110. The van der Waals surface area contributed by atoms with Crippen molar-refractivity contribution in [1.82, 2.24) is 0 Å². The third-order valence-corrected chi connectivity index (χ3v) is 22.0. The molecule has 3 atom stereocenters. The summed E-state index contributed by atoms with van der Waals surface area (Å²) in [7, 11) is -6.73. The Balaban J connectivity index is 6.77. The zero-order valence-electron chi connectivity index (χ0n) is 29.5. The van der Waals surface area contributed by atoms with Gasteiger partial charge in [-0.3, -0.25) is 0 Å². The molecule has 0 aromatic carbocycles. The molecule has 0 aliphatic carbocycles. The minimum absolute atomic E-state index is 0.162. The summed E-state index contributed by atoms with van der Waals surface area (Å²) in [6.07, 6.45) is 0. The third kappa shape index (κ3) is 14.2. The molecule has 0 rings (SSSR count). The predicted octanol–water partition coefficient (Wildman–Crippen LogP) is 8.70. The van der Waals surface area contributed by atoms with E-state index in [1.807, 2.05) is 0 Å². The van der Waals surface area contributed by atoms with Gasteiger partial charge >= 0.3 is 25.7 Å². The molecule has 10 heteroatoms. The first-order chi connectivity index (χ1) is 18.0. The first kappa shape index (κ1) is 40.4. The minimum Gasteiger partial charge on any atom is -0.414 e. The average molecular weight is 625 g/mol. The van der Waals surface area contributed by atoms with Crippen molar-refractivity contribution in [1.29, 1.82) is 0 Å². The van der Waals surface area contributed by atoms with E-state index in [1.54, 1.807) is 7.11 Å². The van der Waals surface area contributed by atoms with Crippen LogP contribution in [0.2, 0.25) is 34.8 Å². The lowest BCUT2D eigenvalue weighted by molar-refractivity contribution is -0.000381. The summed E-state index contributed by atoms with van der Waals surface area (Å²) in [6.45, 7) is 36.6. The molecule has 0 aromatic heterocycles. The number of hydrogen-bond acceptors (Lipinski definition) is 7. The van der Waals surface area contributed by atoms with E-state index < -0.39 is 25.7 Å². The Bertz CT molecular complexity index is 701. The summed E-state index contributed by atoms with van der Waals surface area (Å²) in [4.78, 5) is 0. The van der Waals surface area contributed by atoms with E-state index in [0.717, 1.165) is 12.1 Å². The minimum atomic E-state index is -2.98. The monoisotopic (exact) mass is 624 g/mol. The maximum Gasteiger partial charge on any atom is 0.334 e. The first-order valence-electron chi connectivity index (χ1n) is 15.5. The van der Waals surface area contributed by atoms with Gasteiger partial charge in [0.25, 0.3) is 0 Å². The van der Waals surface area contributed by atoms with Gasteiger partial charge in [-0.25, -0.2) is 0 Å². The molecular weight excluding hydrogens is 557 g/mol. The Kier molecular flexibility index (Phi) is 16.6. The molecule has 0 aromatic rings. The lowest BCUT2D eigenvalue weighted by Gasteiger charge is -2.49.